The van der Waals surface area contributed by atoms with Gasteiger partial charge in [0.25, 0.3) is 5.91 Å². The van der Waals surface area contributed by atoms with Crippen molar-refractivity contribution in [2.75, 3.05) is 13.2 Å². The molecule has 0 saturated heterocycles. The number of carbonyl (C=O) groups excluding carboxylic acids is 1. The zero-order valence-corrected chi connectivity index (χ0v) is 10.6. The summed E-state index contributed by atoms with van der Waals surface area (Å²) >= 11 is 0. The second-order valence-electron chi connectivity index (χ2n) is 5.15. The van der Waals surface area contributed by atoms with Crippen molar-refractivity contribution < 1.29 is 9.90 Å². The average molecular weight is 247 g/mol. The molecule has 2 aromatic rings. The first-order valence-electron chi connectivity index (χ1n) is 5.83. The molecule has 2 heterocycles. The van der Waals surface area contributed by atoms with Crippen LogP contribution in [0.25, 0.3) is 5.52 Å². The third kappa shape index (κ3) is 2.68. The Kier molecular flexibility index (Phi) is 3.34. The van der Waals surface area contributed by atoms with E-state index < -0.39 is 0 Å². The zero-order chi connectivity index (χ0) is 13.2. The number of aliphatic hydroxyl groups is 1. The minimum Gasteiger partial charge on any atom is -0.396 e. The largest absolute Gasteiger partial charge is 0.396 e. The van der Waals surface area contributed by atoms with Crippen LogP contribution in [-0.2, 0) is 0 Å². The number of aliphatic hydroxyl groups excluding tert-OH is 1. The van der Waals surface area contributed by atoms with Crippen LogP contribution in [0.2, 0.25) is 0 Å². The van der Waals surface area contributed by atoms with E-state index in [0.29, 0.717) is 12.1 Å². The van der Waals surface area contributed by atoms with Gasteiger partial charge >= 0.3 is 0 Å². The first-order chi connectivity index (χ1) is 8.52. The molecule has 0 aliphatic rings. The third-order valence-corrected chi connectivity index (χ3v) is 2.83. The maximum atomic E-state index is 12.0. The first kappa shape index (κ1) is 12.6. The fourth-order valence-corrected chi connectivity index (χ4v) is 1.54. The molecule has 96 valence electrons. The number of hydrogen-bond acceptors (Lipinski definition) is 3. The number of aromatic nitrogens is 2. The zero-order valence-electron chi connectivity index (χ0n) is 10.6. The first-order valence-corrected chi connectivity index (χ1v) is 5.83. The van der Waals surface area contributed by atoms with Crippen molar-refractivity contribution in [2.45, 2.75) is 13.8 Å². The molecule has 0 aliphatic carbocycles. The third-order valence-electron chi connectivity index (χ3n) is 2.83. The van der Waals surface area contributed by atoms with Gasteiger partial charge in [-0.25, -0.2) is 4.98 Å². The Hall–Kier alpha value is -1.88. The van der Waals surface area contributed by atoms with Gasteiger partial charge in [-0.3, -0.25) is 4.79 Å². The summed E-state index contributed by atoms with van der Waals surface area (Å²) in [5.74, 6) is -0.139. The topological polar surface area (TPSA) is 66.6 Å². The molecule has 0 saturated carbocycles. The van der Waals surface area contributed by atoms with Crippen LogP contribution >= 0.6 is 0 Å². The standard InChI is InChI=1S/C13H17N3O2/c1-13(2,8-17)7-15-12(18)10-3-4-16-9-14-6-11(16)5-10/h3-6,9,17H,7-8H2,1-2H3,(H,15,18). The number of nitrogens with zero attached hydrogens (tertiary/aromatic N) is 2. The molecule has 18 heavy (non-hydrogen) atoms. The van der Waals surface area contributed by atoms with Crippen molar-refractivity contribution in [1.29, 1.82) is 0 Å². The number of imidazole rings is 1. The quantitative estimate of drug-likeness (QED) is 0.849. The Morgan fingerprint density at radius 2 is 2.33 bits per heavy atom. The highest BCUT2D eigenvalue weighted by Crippen LogP contribution is 2.12. The van der Waals surface area contributed by atoms with E-state index in [1.54, 1.807) is 30.9 Å². The molecule has 0 fully saturated rings. The highest BCUT2D eigenvalue weighted by atomic mass is 16.3. The van der Waals surface area contributed by atoms with Crippen molar-refractivity contribution in [1.82, 2.24) is 14.7 Å². The summed E-state index contributed by atoms with van der Waals surface area (Å²) in [5.41, 5.74) is 1.16. The summed E-state index contributed by atoms with van der Waals surface area (Å²) in [6.45, 7) is 4.27. The lowest BCUT2D eigenvalue weighted by molar-refractivity contribution is 0.0911. The van der Waals surface area contributed by atoms with E-state index in [0.717, 1.165) is 5.52 Å². The number of pyridine rings is 1. The van der Waals surface area contributed by atoms with Gasteiger partial charge in [0, 0.05) is 30.3 Å². The van der Waals surface area contributed by atoms with Gasteiger partial charge in [-0.05, 0) is 12.1 Å². The lowest BCUT2D eigenvalue weighted by Crippen LogP contribution is -2.36. The summed E-state index contributed by atoms with van der Waals surface area (Å²) in [7, 11) is 0. The number of fused-ring (bicyclic) bond motifs is 1. The van der Waals surface area contributed by atoms with Gasteiger partial charge in [0.2, 0.25) is 0 Å². The molecule has 0 spiro atoms. The molecular formula is C13H17N3O2. The van der Waals surface area contributed by atoms with Crippen LogP contribution in [0, 0.1) is 5.41 Å². The number of nitrogens with one attached hydrogen (secondary N) is 1. The van der Waals surface area contributed by atoms with Crippen LogP contribution in [0.4, 0.5) is 0 Å². The predicted molar refractivity (Wildman–Crippen MR) is 68.4 cm³/mol. The van der Waals surface area contributed by atoms with Crippen LogP contribution in [0.3, 0.4) is 0 Å². The SMILES string of the molecule is CC(C)(CO)CNC(=O)c1ccn2cncc2c1. The predicted octanol–water partition coefficient (Wildman–Crippen LogP) is 1.08. The molecule has 2 aromatic heterocycles. The van der Waals surface area contributed by atoms with Crippen LogP contribution in [0.15, 0.2) is 30.9 Å². The number of hydrogen-bond donors (Lipinski definition) is 2. The minimum absolute atomic E-state index is 0.0366. The van der Waals surface area contributed by atoms with Gasteiger partial charge in [0.15, 0.2) is 0 Å². The Morgan fingerprint density at radius 1 is 1.56 bits per heavy atom. The molecule has 0 atom stereocenters. The second-order valence-corrected chi connectivity index (χ2v) is 5.15. The highest BCUT2D eigenvalue weighted by Gasteiger charge is 2.18. The Labute approximate surface area is 105 Å². The molecule has 1 amide bonds. The maximum Gasteiger partial charge on any atom is 0.251 e. The highest BCUT2D eigenvalue weighted by molar-refractivity contribution is 5.95. The van der Waals surface area contributed by atoms with Gasteiger partial charge in [0.1, 0.15) is 0 Å². The van der Waals surface area contributed by atoms with E-state index in [2.05, 4.69) is 10.3 Å². The van der Waals surface area contributed by atoms with Crippen molar-refractivity contribution in [2.24, 2.45) is 5.41 Å². The van der Waals surface area contributed by atoms with Gasteiger partial charge < -0.3 is 14.8 Å². The van der Waals surface area contributed by atoms with E-state index in [4.69, 9.17) is 5.11 Å². The van der Waals surface area contributed by atoms with Gasteiger partial charge in [-0.15, -0.1) is 0 Å². The summed E-state index contributed by atoms with van der Waals surface area (Å²) in [6.07, 6.45) is 5.19. The van der Waals surface area contributed by atoms with Crippen LogP contribution in [0.5, 0.6) is 0 Å². The normalized spacial score (nSPS) is 11.7. The van der Waals surface area contributed by atoms with Gasteiger partial charge in [0.05, 0.1) is 18.0 Å². The molecule has 0 aromatic carbocycles. The van der Waals surface area contributed by atoms with Gasteiger partial charge in [-0.1, -0.05) is 13.8 Å². The van der Waals surface area contributed by atoms with Crippen LogP contribution in [-0.4, -0.2) is 33.6 Å². The maximum absolute atomic E-state index is 12.0. The van der Waals surface area contributed by atoms with E-state index in [1.807, 2.05) is 18.2 Å². The number of carbonyl (C=O) groups is 1. The lowest BCUT2D eigenvalue weighted by atomic mass is 9.95. The monoisotopic (exact) mass is 247 g/mol. The van der Waals surface area contributed by atoms with E-state index in [-0.39, 0.29) is 17.9 Å². The molecule has 0 bridgehead atoms. The minimum atomic E-state index is -0.309. The Bertz CT molecular complexity index is 560. The number of amides is 1. The average Bonchev–Trinajstić information content (AvgIpc) is 2.83. The number of rotatable bonds is 4. The summed E-state index contributed by atoms with van der Waals surface area (Å²) in [5, 5.41) is 11.9. The Morgan fingerprint density at radius 3 is 3.06 bits per heavy atom. The second kappa shape index (κ2) is 4.78. The van der Waals surface area contributed by atoms with Crippen molar-refractivity contribution in [3.8, 4) is 0 Å². The molecule has 2 rings (SSSR count). The fraction of sp³-hybridized carbons (Fsp3) is 0.385. The molecule has 0 unspecified atom stereocenters. The van der Waals surface area contributed by atoms with Crippen molar-refractivity contribution in [3.05, 3.63) is 36.4 Å². The summed E-state index contributed by atoms with van der Waals surface area (Å²) in [6, 6.07) is 3.53. The van der Waals surface area contributed by atoms with Crippen LogP contribution in [0.1, 0.15) is 24.2 Å². The van der Waals surface area contributed by atoms with Crippen molar-refractivity contribution >= 4 is 11.4 Å². The summed E-state index contributed by atoms with van der Waals surface area (Å²) < 4.78 is 1.84. The van der Waals surface area contributed by atoms with E-state index in [9.17, 15) is 4.79 Å². The Balaban J connectivity index is 2.08. The lowest BCUT2D eigenvalue weighted by Gasteiger charge is -2.21. The van der Waals surface area contributed by atoms with Crippen LogP contribution < -0.4 is 5.32 Å². The van der Waals surface area contributed by atoms with Crippen molar-refractivity contribution in [3.63, 3.8) is 0 Å². The van der Waals surface area contributed by atoms with E-state index in [1.165, 1.54) is 0 Å². The molecule has 0 aliphatic heterocycles. The summed E-state index contributed by atoms with van der Waals surface area (Å²) in [4.78, 5) is 15.9. The molecule has 2 N–H and O–H groups in total. The molecule has 5 heteroatoms. The molecular weight excluding hydrogens is 230 g/mol. The molecule has 0 radical (unpaired) electrons. The van der Waals surface area contributed by atoms with E-state index >= 15 is 0 Å². The fourth-order valence-electron chi connectivity index (χ4n) is 1.54. The molecule has 5 nitrogen and oxygen atoms in total. The smallest absolute Gasteiger partial charge is 0.251 e. The van der Waals surface area contributed by atoms with Gasteiger partial charge in [-0.2, -0.15) is 0 Å².